The van der Waals surface area contributed by atoms with E-state index in [9.17, 15) is 14.4 Å². The number of likely N-dealkylation sites (N-methyl/N-ethyl adjacent to an activating group) is 1. The third kappa shape index (κ3) is 4.64. The summed E-state index contributed by atoms with van der Waals surface area (Å²) in [5.74, 6) is -1.08. The van der Waals surface area contributed by atoms with Crippen LogP contribution in [0, 0.1) is 6.92 Å². The van der Waals surface area contributed by atoms with Crippen molar-refractivity contribution >= 4 is 34.3 Å². The SMILES string of the molecule is CCOC(=O)c1sc(NC(=O)N2C[C@H](C)N(C)C[C@@H]2C)c(C(=O)OCC)c1C. The first kappa shape index (κ1) is 22.2. The van der Waals surface area contributed by atoms with Crippen LogP contribution in [0.3, 0.4) is 0 Å². The van der Waals surface area contributed by atoms with Crippen LogP contribution in [0.4, 0.5) is 9.80 Å². The third-order valence-electron chi connectivity index (χ3n) is 4.87. The zero-order valence-electron chi connectivity index (χ0n) is 17.3. The van der Waals surface area contributed by atoms with Crippen molar-refractivity contribution in [3.63, 3.8) is 0 Å². The van der Waals surface area contributed by atoms with E-state index < -0.39 is 11.9 Å². The second kappa shape index (κ2) is 9.38. The molecular formula is C19H29N3O5S. The van der Waals surface area contributed by atoms with Gasteiger partial charge < -0.3 is 14.4 Å². The van der Waals surface area contributed by atoms with Gasteiger partial charge in [-0.2, -0.15) is 0 Å². The Labute approximate surface area is 169 Å². The highest BCUT2D eigenvalue weighted by atomic mass is 32.1. The first-order valence-corrected chi connectivity index (χ1v) is 10.3. The zero-order valence-corrected chi connectivity index (χ0v) is 18.1. The predicted octanol–water partition coefficient (Wildman–Crippen LogP) is 2.97. The summed E-state index contributed by atoms with van der Waals surface area (Å²) in [6, 6.07) is -0.0425. The maximum atomic E-state index is 12.9. The average molecular weight is 412 g/mol. The van der Waals surface area contributed by atoms with Gasteiger partial charge in [-0.25, -0.2) is 14.4 Å². The molecule has 2 heterocycles. The van der Waals surface area contributed by atoms with Gasteiger partial charge in [-0.1, -0.05) is 0 Å². The molecule has 1 fully saturated rings. The summed E-state index contributed by atoms with van der Waals surface area (Å²) in [4.78, 5) is 41.9. The van der Waals surface area contributed by atoms with Crippen LogP contribution in [0.2, 0.25) is 0 Å². The lowest BCUT2D eigenvalue weighted by atomic mass is 10.1. The summed E-state index contributed by atoms with van der Waals surface area (Å²) in [5, 5.41) is 3.13. The van der Waals surface area contributed by atoms with Crippen LogP contribution in [0.5, 0.6) is 0 Å². The smallest absolute Gasteiger partial charge is 0.348 e. The van der Waals surface area contributed by atoms with Crippen molar-refractivity contribution in [2.24, 2.45) is 0 Å². The van der Waals surface area contributed by atoms with E-state index in [0.717, 1.165) is 17.9 Å². The largest absolute Gasteiger partial charge is 0.462 e. The van der Waals surface area contributed by atoms with Gasteiger partial charge in [-0.3, -0.25) is 10.2 Å². The molecule has 0 unspecified atom stereocenters. The summed E-state index contributed by atoms with van der Waals surface area (Å²) >= 11 is 1.04. The van der Waals surface area contributed by atoms with Crippen LogP contribution in [-0.2, 0) is 9.47 Å². The minimum atomic E-state index is -0.568. The lowest BCUT2D eigenvalue weighted by molar-refractivity contribution is 0.0527. The molecule has 0 saturated carbocycles. The number of carbonyl (C=O) groups is 3. The fourth-order valence-electron chi connectivity index (χ4n) is 3.19. The van der Waals surface area contributed by atoms with Gasteiger partial charge in [0, 0.05) is 25.2 Å². The number of amides is 2. The Bertz CT molecular complexity index is 748. The van der Waals surface area contributed by atoms with Gasteiger partial charge in [0.25, 0.3) is 0 Å². The zero-order chi connectivity index (χ0) is 21.0. The topological polar surface area (TPSA) is 88.2 Å². The van der Waals surface area contributed by atoms with E-state index >= 15 is 0 Å². The Morgan fingerprint density at radius 3 is 2.29 bits per heavy atom. The molecule has 2 atom stereocenters. The van der Waals surface area contributed by atoms with Gasteiger partial charge in [0.2, 0.25) is 0 Å². The quantitative estimate of drug-likeness (QED) is 0.750. The van der Waals surface area contributed by atoms with Crippen LogP contribution in [0.15, 0.2) is 0 Å². The molecule has 1 saturated heterocycles. The number of nitrogens with one attached hydrogen (secondary N) is 1. The Morgan fingerprint density at radius 2 is 1.68 bits per heavy atom. The van der Waals surface area contributed by atoms with Crippen molar-refractivity contribution < 1.29 is 23.9 Å². The number of hydrogen-bond acceptors (Lipinski definition) is 7. The summed E-state index contributed by atoms with van der Waals surface area (Å²) in [7, 11) is 2.03. The molecule has 9 heteroatoms. The fourth-order valence-corrected chi connectivity index (χ4v) is 4.27. The molecule has 0 spiro atoms. The summed E-state index contributed by atoms with van der Waals surface area (Å²) in [5.41, 5.74) is 0.662. The minimum Gasteiger partial charge on any atom is -0.462 e. The normalized spacial score (nSPS) is 20.0. The molecule has 156 valence electrons. The van der Waals surface area contributed by atoms with Crippen molar-refractivity contribution in [2.45, 2.75) is 46.7 Å². The summed E-state index contributed by atoms with van der Waals surface area (Å²) < 4.78 is 10.2. The van der Waals surface area contributed by atoms with Crippen LogP contribution < -0.4 is 5.32 Å². The van der Waals surface area contributed by atoms with Crippen molar-refractivity contribution in [3.05, 3.63) is 16.0 Å². The Hall–Kier alpha value is -2.13. The van der Waals surface area contributed by atoms with E-state index in [4.69, 9.17) is 9.47 Å². The van der Waals surface area contributed by atoms with Crippen molar-refractivity contribution in [2.75, 3.05) is 38.7 Å². The average Bonchev–Trinajstić information content (AvgIpc) is 2.94. The van der Waals surface area contributed by atoms with Crippen molar-refractivity contribution in [3.8, 4) is 0 Å². The van der Waals surface area contributed by atoms with Gasteiger partial charge in [0.05, 0.1) is 18.8 Å². The summed E-state index contributed by atoms with van der Waals surface area (Å²) in [6.07, 6.45) is 0. The molecule has 1 N–H and O–H groups in total. The van der Waals surface area contributed by atoms with Crippen LogP contribution in [0.25, 0.3) is 0 Å². The van der Waals surface area contributed by atoms with Crippen LogP contribution in [0.1, 0.15) is 53.3 Å². The minimum absolute atomic E-state index is 0.0258. The number of thiophene rings is 1. The van der Waals surface area contributed by atoms with Crippen LogP contribution in [-0.4, -0.2) is 73.2 Å². The molecule has 1 aliphatic heterocycles. The Morgan fingerprint density at radius 1 is 1.07 bits per heavy atom. The first-order chi connectivity index (χ1) is 13.2. The number of nitrogens with zero attached hydrogens (tertiary/aromatic N) is 2. The van der Waals surface area contributed by atoms with Crippen molar-refractivity contribution in [1.82, 2.24) is 9.80 Å². The Balaban J connectivity index is 2.32. The van der Waals surface area contributed by atoms with E-state index in [1.807, 2.05) is 14.0 Å². The van der Waals surface area contributed by atoms with E-state index in [2.05, 4.69) is 17.1 Å². The maximum absolute atomic E-state index is 12.9. The molecule has 28 heavy (non-hydrogen) atoms. The van der Waals surface area contributed by atoms with E-state index in [1.54, 1.807) is 25.7 Å². The molecule has 1 aliphatic rings. The lowest BCUT2D eigenvalue weighted by Crippen LogP contribution is -2.57. The number of piperazine rings is 1. The number of ether oxygens (including phenoxy) is 2. The number of hydrogen-bond donors (Lipinski definition) is 1. The molecule has 0 radical (unpaired) electrons. The number of anilines is 1. The fraction of sp³-hybridized carbons (Fsp3) is 0.632. The molecule has 0 aromatic carbocycles. The molecular weight excluding hydrogens is 382 g/mol. The number of urea groups is 1. The molecule has 1 aromatic heterocycles. The number of esters is 2. The highest BCUT2D eigenvalue weighted by molar-refractivity contribution is 7.18. The van der Waals surface area contributed by atoms with Gasteiger partial charge in [0.15, 0.2) is 0 Å². The van der Waals surface area contributed by atoms with E-state index in [0.29, 0.717) is 22.0 Å². The number of rotatable bonds is 5. The second-order valence-corrected chi connectivity index (χ2v) is 7.94. The molecule has 2 amide bonds. The molecule has 8 nitrogen and oxygen atoms in total. The van der Waals surface area contributed by atoms with E-state index in [1.165, 1.54) is 0 Å². The molecule has 0 bridgehead atoms. The van der Waals surface area contributed by atoms with Gasteiger partial charge in [0.1, 0.15) is 9.88 Å². The predicted molar refractivity (Wildman–Crippen MR) is 108 cm³/mol. The van der Waals surface area contributed by atoms with Gasteiger partial charge in [-0.05, 0) is 47.2 Å². The molecule has 1 aromatic rings. The van der Waals surface area contributed by atoms with Gasteiger partial charge >= 0.3 is 18.0 Å². The second-order valence-electron chi connectivity index (χ2n) is 6.92. The number of carbonyl (C=O) groups excluding carboxylic acids is 3. The van der Waals surface area contributed by atoms with Gasteiger partial charge in [-0.15, -0.1) is 11.3 Å². The van der Waals surface area contributed by atoms with E-state index in [-0.39, 0.29) is 36.9 Å². The third-order valence-corrected chi connectivity index (χ3v) is 6.05. The van der Waals surface area contributed by atoms with Crippen LogP contribution >= 0.6 is 11.3 Å². The monoisotopic (exact) mass is 411 g/mol. The van der Waals surface area contributed by atoms with Crippen molar-refractivity contribution in [1.29, 1.82) is 0 Å². The maximum Gasteiger partial charge on any atom is 0.348 e. The highest BCUT2D eigenvalue weighted by Crippen LogP contribution is 2.34. The summed E-state index contributed by atoms with van der Waals surface area (Å²) in [6.45, 7) is 10.9. The standard InChI is InChI=1S/C19H29N3O5S/c1-7-26-17(23)14-13(5)15(18(24)27-8-2)28-16(14)20-19(25)22-10-11(3)21(6)9-12(22)4/h11-12H,7-10H2,1-6H3,(H,20,25)/t11-,12-/m0/s1. The molecule has 2 rings (SSSR count). The Kier molecular flexibility index (Phi) is 7.42. The first-order valence-electron chi connectivity index (χ1n) is 9.46. The molecule has 0 aliphatic carbocycles. The lowest BCUT2D eigenvalue weighted by Gasteiger charge is -2.42. The highest BCUT2D eigenvalue weighted by Gasteiger charge is 2.32.